The predicted molar refractivity (Wildman–Crippen MR) is 200 cm³/mol. The van der Waals surface area contributed by atoms with Crippen LogP contribution < -0.4 is 0 Å². The third-order valence-corrected chi connectivity index (χ3v) is 9.32. The number of hydrogen-bond donors (Lipinski definition) is 2. The number of H-pyrrole nitrogens is 2. The molecule has 0 atom stereocenters. The van der Waals surface area contributed by atoms with Gasteiger partial charge in [-0.1, -0.05) is 121 Å². The van der Waals surface area contributed by atoms with Crippen molar-refractivity contribution in [2.45, 2.75) is 0 Å². The van der Waals surface area contributed by atoms with Crippen molar-refractivity contribution in [2.75, 3.05) is 0 Å². The van der Waals surface area contributed by atoms with E-state index in [2.05, 4.69) is 9.97 Å². The first-order valence-corrected chi connectivity index (χ1v) is 16.6. The summed E-state index contributed by atoms with van der Waals surface area (Å²) in [7, 11) is 0. The summed E-state index contributed by atoms with van der Waals surface area (Å²) in [6, 6.07) is 35.9. The van der Waals surface area contributed by atoms with Crippen LogP contribution in [0.15, 0.2) is 121 Å². The minimum atomic E-state index is -1.09. The molecule has 2 aliphatic rings. The average molecular weight is 687 g/mol. The van der Waals surface area contributed by atoms with E-state index >= 15 is 17.6 Å². The summed E-state index contributed by atoms with van der Waals surface area (Å²) in [5, 5.41) is 0. The Balaban J connectivity index is 1.56. The fraction of sp³-hybridized carbons (Fsp3) is 0. The molecule has 0 spiro atoms. The molecule has 8 bridgehead atoms. The molecule has 8 heteroatoms. The molecule has 7 aromatic rings. The Morgan fingerprint density at radius 3 is 0.731 bits per heavy atom. The van der Waals surface area contributed by atoms with E-state index in [1.807, 2.05) is 24.3 Å². The highest BCUT2D eigenvalue weighted by Crippen LogP contribution is 2.41. The molecule has 0 unspecified atom stereocenters. The summed E-state index contributed by atoms with van der Waals surface area (Å²) < 4.78 is 66.0. The van der Waals surface area contributed by atoms with E-state index in [9.17, 15) is 0 Å². The number of nitrogens with zero attached hydrogens (tertiary/aromatic N) is 2. The van der Waals surface area contributed by atoms with Gasteiger partial charge in [-0.05, 0) is 46.6 Å². The van der Waals surface area contributed by atoms with Crippen molar-refractivity contribution in [3.05, 3.63) is 167 Å². The zero-order chi connectivity index (χ0) is 35.3. The summed E-state index contributed by atoms with van der Waals surface area (Å²) in [5.74, 6) is -4.36. The highest BCUT2D eigenvalue weighted by molar-refractivity contribution is 6.00. The van der Waals surface area contributed by atoms with Crippen LogP contribution in [0.3, 0.4) is 0 Å². The molecule has 250 valence electrons. The van der Waals surface area contributed by atoms with Crippen LogP contribution in [0.1, 0.15) is 22.8 Å². The van der Waals surface area contributed by atoms with Gasteiger partial charge in [0, 0.05) is 22.3 Å². The number of aromatic amines is 2. The number of aromatic nitrogens is 4. The normalized spacial score (nSPS) is 12.1. The molecule has 0 saturated heterocycles. The van der Waals surface area contributed by atoms with Gasteiger partial charge < -0.3 is 9.97 Å². The molecule has 5 heterocycles. The largest absolute Gasteiger partial charge is 0.349 e. The van der Waals surface area contributed by atoms with E-state index in [4.69, 9.17) is 9.97 Å². The second-order valence-electron chi connectivity index (χ2n) is 12.4. The third kappa shape index (κ3) is 5.07. The minimum Gasteiger partial charge on any atom is -0.349 e. The molecule has 4 aromatic carbocycles. The molecular formula is C44H26F4N4. The first-order chi connectivity index (χ1) is 25.5. The summed E-state index contributed by atoms with van der Waals surface area (Å²) in [5.41, 5.74) is 4.15. The summed E-state index contributed by atoms with van der Waals surface area (Å²) in [4.78, 5) is 16.0. The Bertz CT molecular complexity index is 2380. The Kier molecular flexibility index (Phi) is 7.51. The summed E-state index contributed by atoms with van der Waals surface area (Å²) >= 11 is 0. The molecule has 52 heavy (non-hydrogen) atoms. The van der Waals surface area contributed by atoms with E-state index in [0.717, 1.165) is 0 Å². The highest BCUT2D eigenvalue weighted by atomic mass is 19.2. The fourth-order valence-electron chi connectivity index (χ4n) is 6.98. The van der Waals surface area contributed by atoms with Crippen LogP contribution >= 0.6 is 0 Å². The van der Waals surface area contributed by atoms with Crippen molar-refractivity contribution in [3.8, 4) is 44.5 Å². The maximum absolute atomic E-state index is 16.5. The van der Waals surface area contributed by atoms with Crippen LogP contribution in [-0.2, 0) is 0 Å². The first-order valence-electron chi connectivity index (χ1n) is 16.6. The van der Waals surface area contributed by atoms with Gasteiger partial charge in [0.1, 0.15) is 0 Å². The molecular weight excluding hydrogens is 661 g/mol. The van der Waals surface area contributed by atoms with Gasteiger partial charge in [-0.25, -0.2) is 27.5 Å². The minimum absolute atomic E-state index is 0.118. The molecule has 9 rings (SSSR count). The molecule has 4 nitrogen and oxygen atoms in total. The lowest BCUT2D eigenvalue weighted by atomic mass is 10.0. The van der Waals surface area contributed by atoms with Gasteiger partial charge in [0.15, 0.2) is 23.3 Å². The standard InChI is InChI=1S/C44H26F4N4/c45-37-38(46)42-35(27-17-9-3-10-18-27)31-23-24-32(50-31)36(28-19-11-4-12-20-28)44-40(48)39(47)43(52-44)34(26-15-7-2-8-16-26)30-22-21-29(49-30)33(41(37)51-42)25-13-5-1-6-14-25/h1-24,51-52H. The van der Waals surface area contributed by atoms with Crippen molar-refractivity contribution in [3.63, 3.8) is 0 Å². The fourth-order valence-corrected chi connectivity index (χ4v) is 6.98. The summed E-state index contributed by atoms with van der Waals surface area (Å²) in [6.45, 7) is 0. The number of halogens is 4. The quantitative estimate of drug-likeness (QED) is 0.181. The van der Waals surface area contributed by atoms with E-state index in [0.29, 0.717) is 45.0 Å². The van der Waals surface area contributed by atoms with Crippen LogP contribution in [0, 0.1) is 23.3 Å². The van der Waals surface area contributed by atoms with Gasteiger partial charge in [0.05, 0.1) is 44.8 Å². The first kappa shape index (κ1) is 31.2. The number of rotatable bonds is 4. The molecule has 0 fully saturated rings. The van der Waals surface area contributed by atoms with Gasteiger partial charge >= 0.3 is 0 Å². The maximum Gasteiger partial charge on any atom is 0.185 e. The average Bonchev–Trinajstić information content (AvgIpc) is 3.98. The zero-order valence-electron chi connectivity index (χ0n) is 27.3. The lowest BCUT2D eigenvalue weighted by Gasteiger charge is -2.06. The Morgan fingerprint density at radius 2 is 0.519 bits per heavy atom. The SMILES string of the molecule is Fc1c(F)c2[nH]c1c(-c1ccccc1)c1nc(c(-c3ccccc3)c3[nH]c(c(F)c3F)c(-c3ccccc3)c3nc(c2-c2ccccc2)C=C3)C=C1. The molecule has 2 N–H and O–H groups in total. The topological polar surface area (TPSA) is 57.4 Å². The van der Waals surface area contributed by atoms with Crippen LogP contribution in [-0.4, -0.2) is 19.9 Å². The summed E-state index contributed by atoms with van der Waals surface area (Å²) in [6.07, 6.45) is 6.68. The Labute approximate surface area is 295 Å². The van der Waals surface area contributed by atoms with Crippen LogP contribution in [0.2, 0.25) is 0 Å². The van der Waals surface area contributed by atoms with E-state index in [1.54, 1.807) is 121 Å². The highest BCUT2D eigenvalue weighted by Gasteiger charge is 2.26. The maximum atomic E-state index is 16.5. The molecule has 0 saturated carbocycles. The van der Waals surface area contributed by atoms with E-state index in [-0.39, 0.29) is 44.3 Å². The van der Waals surface area contributed by atoms with E-state index < -0.39 is 23.3 Å². The second-order valence-corrected chi connectivity index (χ2v) is 12.4. The van der Waals surface area contributed by atoms with Gasteiger partial charge in [-0.2, -0.15) is 0 Å². The van der Waals surface area contributed by atoms with E-state index in [1.165, 1.54) is 0 Å². The van der Waals surface area contributed by atoms with Crippen molar-refractivity contribution < 1.29 is 17.6 Å². The smallest absolute Gasteiger partial charge is 0.185 e. The van der Waals surface area contributed by atoms with Crippen molar-refractivity contribution >= 4 is 46.4 Å². The van der Waals surface area contributed by atoms with Crippen molar-refractivity contribution in [1.82, 2.24) is 19.9 Å². The lowest BCUT2D eigenvalue weighted by molar-refractivity contribution is 0.529. The second kappa shape index (κ2) is 12.5. The molecule has 0 radical (unpaired) electrons. The van der Waals surface area contributed by atoms with Crippen LogP contribution in [0.4, 0.5) is 17.6 Å². The number of benzene rings is 4. The van der Waals surface area contributed by atoms with Gasteiger partial charge in [0.25, 0.3) is 0 Å². The third-order valence-electron chi connectivity index (χ3n) is 9.32. The van der Waals surface area contributed by atoms with Crippen molar-refractivity contribution in [2.24, 2.45) is 0 Å². The number of fused-ring (bicyclic) bond motifs is 8. The molecule has 0 amide bonds. The Hall–Kier alpha value is -6.80. The molecule has 0 aliphatic carbocycles. The van der Waals surface area contributed by atoms with Gasteiger partial charge in [-0.15, -0.1) is 0 Å². The zero-order valence-corrected chi connectivity index (χ0v) is 27.3. The van der Waals surface area contributed by atoms with Gasteiger partial charge in [-0.3, -0.25) is 0 Å². The molecule has 3 aromatic heterocycles. The van der Waals surface area contributed by atoms with Crippen molar-refractivity contribution in [1.29, 1.82) is 0 Å². The number of hydrogen-bond acceptors (Lipinski definition) is 2. The van der Waals surface area contributed by atoms with Gasteiger partial charge in [0.2, 0.25) is 0 Å². The predicted octanol–water partition coefficient (Wildman–Crippen LogP) is 11.9. The number of nitrogens with one attached hydrogen (secondary N) is 2. The Morgan fingerprint density at radius 1 is 0.308 bits per heavy atom. The lowest BCUT2D eigenvalue weighted by Crippen LogP contribution is -1.90. The monoisotopic (exact) mass is 686 g/mol. The van der Waals surface area contributed by atoms with Crippen LogP contribution in [0.25, 0.3) is 90.9 Å². The molecule has 2 aliphatic heterocycles. The van der Waals surface area contributed by atoms with Crippen LogP contribution in [0.5, 0.6) is 0 Å².